The Kier molecular flexibility index (Phi) is 4.85. The van der Waals surface area contributed by atoms with Crippen LogP contribution in [0.25, 0.3) is 0 Å². The summed E-state index contributed by atoms with van der Waals surface area (Å²) in [6.07, 6.45) is -4.03. The first-order chi connectivity index (χ1) is 7.15. The summed E-state index contributed by atoms with van der Waals surface area (Å²) < 4.78 is 9.91. The van der Waals surface area contributed by atoms with Crippen molar-refractivity contribution in [2.24, 2.45) is 0 Å². The summed E-state index contributed by atoms with van der Waals surface area (Å²) in [6, 6.07) is -0.877. The van der Waals surface area contributed by atoms with Gasteiger partial charge in [0.1, 0.15) is 24.4 Å². The fraction of sp³-hybridized carbons (Fsp3) is 0.857. The van der Waals surface area contributed by atoms with Crippen LogP contribution in [0, 0.1) is 0 Å². The van der Waals surface area contributed by atoms with Crippen molar-refractivity contribution in [2.75, 3.05) is 6.61 Å². The summed E-state index contributed by atoms with van der Waals surface area (Å²) in [7, 11) is 1.93. The van der Waals surface area contributed by atoms with E-state index in [1.165, 1.54) is 0 Å². The van der Waals surface area contributed by atoms with E-state index in [4.69, 9.17) is 14.4 Å². The smallest absolute Gasteiger partial charge is 0.207 e. The number of carbonyl (C=O) groups is 1. The molecule has 1 aliphatic heterocycles. The summed E-state index contributed by atoms with van der Waals surface area (Å²) in [5, 5.41) is 30.2. The lowest BCUT2D eigenvalue weighted by Gasteiger charge is -2.41. The molecule has 1 fully saturated rings. The average Bonchev–Trinajstić information content (AvgIpc) is 2.25. The lowest BCUT2D eigenvalue weighted by Crippen LogP contribution is -2.63. The summed E-state index contributed by atoms with van der Waals surface area (Å²) in [6.45, 7) is -0.448. The van der Waals surface area contributed by atoms with Gasteiger partial charge in [0.2, 0.25) is 6.41 Å². The molecular formula is C7H14NO6P. The first-order valence-corrected chi connectivity index (χ1v) is 4.80. The van der Waals surface area contributed by atoms with Gasteiger partial charge in [0.15, 0.2) is 6.29 Å². The minimum absolute atomic E-state index is 0.375. The van der Waals surface area contributed by atoms with E-state index in [2.05, 4.69) is 5.32 Å². The van der Waals surface area contributed by atoms with E-state index in [9.17, 15) is 15.0 Å². The van der Waals surface area contributed by atoms with Crippen LogP contribution in [0.3, 0.4) is 0 Å². The van der Waals surface area contributed by atoms with Crippen molar-refractivity contribution in [3.05, 3.63) is 0 Å². The molecule has 0 aromatic heterocycles. The number of ether oxygens (including phenoxy) is 1. The molecule has 0 saturated carbocycles. The second kappa shape index (κ2) is 5.69. The molecule has 6 unspecified atom stereocenters. The summed E-state index contributed by atoms with van der Waals surface area (Å²) >= 11 is 0. The molecule has 8 heteroatoms. The molecule has 88 valence electrons. The zero-order valence-corrected chi connectivity index (χ0v) is 8.97. The zero-order chi connectivity index (χ0) is 11.4. The van der Waals surface area contributed by atoms with Crippen molar-refractivity contribution in [3.8, 4) is 0 Å². The van der Waals surface area contributed by atoms with Gasteiger partial charge in [0, 0.05) is 9.47 Å². The number of hydrogen-bond acceptors (Lipinski definition) is 6. The Balaban J connectivity index is 2.74. The Morgan fingerprint density at radius 1 is 1.47 bits per heavy atom. The topological polar surface area (TPSA) is 108 Å². The van der Waals surface area contributed by atoms with Gasteiger partial charge >= 0.3 is 0 Å². The van der Waals surface area contributed by atoms with Crippen LogP contribution in [0.1, 0.15) is 0 Å². The SMILES string of the molecule is O=CNC1C(OP)OC(CO)C(O)C1O. The van der Waals surface area contributed by atoms with Gasteiger partial charge in [-0.05, 0) is 0 Å². The predicted molar refractivity (Wildman–Crippen MR) is 51.5 cm³/mol. The molecule has 1 saturated heterocycles. The molecule has 0 bridgehead atoms. The fourth-order valence-electron chi connectivity index (χ4n) is 1.45. The highest BCUT2D eigenvalue weighted by atomic mass is 31.0. The maximum atomic E-state index is 10.3. The molecule has 0 aliphatic carbocycles. The highest BCUT2D eigenvalue weighted by molar-refractivity contribution is 7.09. The monoisotopic (exact) mass is 239 g/mol. The minimum Gasteiger partial charge on any atom is -0.394 e. The van der Waals surface area contributed by atoms with E-state index in [-0.39, 0.29) is 0 Å². The van der Waals surface area contributed by atoms with Gasteiger partial charge in [0.05, 0.1) is 6.61 Å². The average molecular weight is 239 g/mol. The predicted octanol–water partition coefficient (Wildman–Crippen LogP) is -2.65. The first kappa shape index (κ1) is 12.8. The quantitative estimate of drug-likeness (QED) is 0.315. The number of carbonyl (C=O) groups excluding carboxylic acids is 1. The molecule has 1 aliphatic rings. The fourth-order valence-corrected chi connectivity index (χ4v) is 1.69. The summed E-state index contributed by atoms with van der Waals surface area (Å²) in [5.74, 6) is 0. The van der Waals surface area contributed by atoms with Crippen LogP contribution < -0.4 is 5.32 Å². The first-order valence-electron chi connectivity index (χ1n) is 4.33. The molecule has 0 spiro atoms. The molecule has 15 heavy (non-hydrogen) atoms. The Labute approximate surface area is 88.7 Å². The Morgan fingerprint density at radius 3 is 2.60 bits per heavy atom. The van der Waals surface area contributed by atoms with Crippen molar-refractivity contribution >= 4 is 15.9 Å². The number of rotatable bonds is 4. The van der Waals surface area contributed by atoms with Crippen LogP contribution in [0.2, 0.25) is 0 Å². The van der Waals surface area contributed by atoms with Gasteiger partial charge < -0.3 is 29.9 Å². The van der Waals surface area contributed by atoms with E-state index in [0.717, 1.165) is 0 Å². The normalized spacial score (nSPS) is 41.2. The van der Waals surface area contributed by atoms with Gasteiger partial charge in [-0.2, -0.15) is 0 Å². The third-order valence-corrected chi connectivity index (χ3v) is 2.54. The molecule has 1 heterocycles. The maximum Gasteiger partial charge on any atom is 0.207 e. The van der Waals surface area contributed by atoms with Crippen LogP contribution in [0.4, 0.5) is 0 Å². The van der Waals surface area contributed by atoms with Crippen molar-refractivity contribution in [3.63, 3.8) is 0 Å². The van der Waals surface area contributed by atoms with Crippen molar-refractivity contribution < 1.29 is 29.4 Å². The van der Waals surface area contributed by atoms with Gasteiger partial charge in [-0.1, -0.05) is 0 Å². The van der Waals surface area contributed by atoms with Crippen LogP contribution in [-0.4, -0.2) is 59.0 Å². The molecule has 0 radical (unpaired) electrons. The van der Waals surface area contributed by atoms with Crippen LogP contribution in [-0.2, 0) is 14.1 Å². The van der Waals surface area contributed by atoms with E-state index < -0.39 is 37.3 Å². The van der Waals surface area contributed by atoms with Crippen LogP contribution >= 0.6 is 9.47 Å². The summed E-state index contributed by atoms with van der Waals surface area (Å²) in [4.78, 5) is 10.3. The largest absolute Gasteiger partial charge is 0.394 e. The van der Waals surface area contributed by atoms with E-state index in [0.29, 0.717) is 6.41 Å². The molecule has 4 N–H and O–H groups in total. The second-order valence-electron chi connectivity index (χ2n) is 3.15. The number of amides is 1. The third-order valence-electron chi connectivity index (χ3n) is 2.28. The zero-order valence-electron chi connectivity index (χ0n) is 7.81. The Bertz CT molecular complexity index is 216. The van der Waals surface area contributed by atoms with Crippen molar-refractivity contribution in [1.82, 2.24) is 5.32 Å². The number of hydrogen-bond donors (Lipinski definition) is 4. The van der Waals surface area contributed by atoms with Crippen LogP contribution in [0.5, 0.6) is 0 Å². The van der Waals surface area contributed by atoms with E-state index in [1.54, 1.807) is 0 Å². The van der Waals surface area contributed by atoms with Gasteiger partial charge in [-0.3, -0.25) is 4.79 Å². The minimum atomic E-state index is -1.27. The van der Waals surface area contributed by atoms with E-state index >= 15 is 0 Å². The number of aliphatic hydroxyl groups excluding tert-OH is 3. The lowest BCUT2D eigenvalue weighted by molar-refractivity contribution is -0.240. The highest BCUT2D eigenvalue weighted by Gasteiger charge is 2.44. The maximum absolute atomic E-state index is 10.3. The van der Waals surface area contributed by atoms with Crippen molar-refractivity contribution in [1.29, 1.82) is 0 Å². The molecule has 1 amide bonds. The third kappa shape index (κ3) is 2.63. The second-order valence-corrected chi connectivity index (χ2v) is 3.43. The molecule has 7 nitrogen and oxygen atoms in total. The molecule has 6 atom stereocenters. The Morgan fingerprint density at radius 2 is 2.13 bits per heavy atom. The number of nitrogens with one attached hydrogen (secondary N) is 1. The van der Waals surface area contributed by atoms with Crippen molar-refractivity contribution in [2.45, 2.75) is 30.6 Å². The van der Waals surface area contributed by atoms with Crippen LogP contribution in [0.15, 0.2) is 0 Å². The molecular weight excluding hydrogens is 225 g/mol. The van der Waals surface area contributed by atoms with E-state index in [1.807, 2.05) is 9.47 Å². The molecule has 0 aromatic rings. The summed E-state index contributed by atoms with van der Waals surface area (Å²) in [5.41, 5.74) is 0. The Hall–Kier alpha value is -0.300. The number of aliphatic hydroxyl groups is 3. The van der Waals surface area contributed by atoms with Gasteiger partial charge in [-0.25, -0.2) is 0 Å². The highest BCUT2D eigenvalue weighted by Crippen LogP contribution is 2.22. The standard InChI is InChI=1S/C7H14NO6P/c9-1-3-5(11)6(12)4(8-2-10)7(13-3)14-15/h2-7,9,11-12H,1,15H2,(H,8,10). The van der Waals surface area contributed by atoms with Gasteiger partial charge in [0.25, 0.3) is 0 Å². The molecule has 0 aromatic carbocycles. The molecule has 1 rings (SSSR count). The van der Waals surface area contributed by atoms with Gasteiger partial charge in [-0.15, -0.1) is 0 Å². The lowest BCUT2D eigenvalue weighted by atomic mass is 9.97.